The quantitative estimate of drug-likeness (QED) is 0.521. The summed E-state index contributed by atoms with van der Waals surface area (Å²) in [5.41, 5.74) is 0. The summed E-state index contributed by atoms with van der Waals surface area (Å²) in [5, 5.41) is 8.42. The van der Waals surface area contributed by atoms with Crippen LogP contribution in [-0.4, -0.2) is 37.5 Å². The SMILES string of the molecule is O=C1CNC(C(=O)NCC2CC2)CN1. The van der Waals surface area contributed by atoms with Crippen molar-refractivity contribution >= 4 is 11.8 Å². The predicted molar refractivity (Wildman–Crippen MR) is 50.5 cm³/mol. The third kappa shape index (κ3) is 2.45. The summed E-state index contributed by atoms with van der Waals surface area (Å²) in [6, 6.07) is -0.258. The second-order valence-electron chi connectivity index (χ2n) is 3.93. The molecule has 1 saturated carbocycles. The lowest BCUT2D eigenvalue weighted by Crippen LogP contribution is -2.58. The van der Waals surface area contributed by atoms with Gasteiger partial charge in [0.15, 0.2) is 0 Å². The van der Waals surface area contributed by atoms with Gasteiger partial charge in [0.2, 0.25) is 11.8 Å². The monoisotopic (exact) mass is 197 g/mol. The summed E-state index contributed by atoms with van der Waals surface area (Å²) >= 11 is 0. The van der Waals surface area contributed by atoms with Crippen LogP contribution in [0.5, 0.6) is 0 Å². The van der Waals surface area contributed by atoms with Crippen LogP contribution in [0, 0.1) is 5.92 Å². The van der Waals surface area contributed by atoms with Crippen LogP contribution >= 0.6 is 0 Å². The molecule has 1 saturated heterocycles. The molecule has 5 heteroatoms. The molecule has 78 valence electrons. The van der Waals surface area contributed by atoms with Gasteiger partial charge in [-0.1, -0.05) is 0 Å². The van der Waals surface area contributed by atoms with Gasteiger partial charge in [0.1, 0.15) is 6.04 Å². The number of amides is 2. The molecule has 14 heavy (non-hydrogen) atoms. The van der Waals surface area contributed by atoms with Crippen molar-refractivity contribution in [2.75, 3.05) is 19.6 Å². The Hall–Kier alpha value is -1.10. The van der Waals surface area contributed by atoms with Crippen molar-refractivity contribution in [3.05, 3.63) is 0 Å². The fraction of sp³-hybridized carbons (Fsp3) is 0.778. The second-order valence-corrected chi connectivity index (χ2v) is 3.93. The van der Waals surface area contributed by atoms with Crippen molar-refractivity contribution in [1.29, 1.82) is 0 Å². The van der Waals surface area contributed by atoms with Gasteiger partial charge < -0.3 is 10.6 Å². The van der Waals surface area contributed by atoms with E-state index >= 15 is 0 Å². The molecule has 0 aromatic carbocycles. The summed E-state index contributed by atoms with van der Waals surface area (Å²) < 4.78 is 0. The molecule has 0 bridgehead atoms. The standard InChI is InChI=1S/C9H15N3O2/c13-8-5-10-7(4-11-8)9(14)12-3-6-1-2-6/h6-7,10H,1-5H2,(H,11,13)(H,12,14). The molecule has 3 N–H and O–H groups in total. The molecule has 5 nitrogen and oxygen atoms in total. The predicted octanol–water partition coefficient (Wildman–Crippen LogP) is -1.40. The van der Waals surface area contributed by atoms with Gasteiger partial charge in [0, 0.05) is 13.1 Å². The van der Waals surface area contributed by atoms with E-state index in [1.165, 1.54) is 12.8 Å². The Kier molecular flexibility index (Phi) is 2.67. The number of nitrogens with one attached hydrogen (secondary N) is 3. The number of hydrogen-bond acceptors (Lipinski definition) is 3. The Morgan fingerprint density at radius 2 is 2.29 bits per heavy atom. The topological polar surface area (TPSA) is 70.2 Å². The van der Waals surface area contributed by atoms with Crippen LogP contribution in [0.2, 0.25) is 0 Å². The minimum Gasteiger partial charge on any atom is -0.354 e. The first-order chi connectivity index (χ1) is 6.75. The zero-order valence-electron chi connectivity index (χ0n) is 8.01. The van der Waals surface area contributed by atoms with E-state index in [1.807, 2.05) is 0 Å². The van der Waals surface area contributed by atoms with Gasteiger partial charge in [0.05, 0.1) is 6.54 Å². The molecule has 1 unspecified atom stereocenters. The van der Waals surface area contributed by atoms with Crippen molar-refractivity contribution in [3.8, 4) is 0 Å². The molecule has 0 aromatic rings. The minimum atomic E-state index is -0.258. The van der Waals surface area contributed by atoms with Gasteiger partial charge in [-0.15, -0.1) is 0 Å². The lowest BCUT2D eigenvalue weighted by atomic mass is 10.2. The molecular weight excluding hydrogens is 182 g/mol. The maximum absolute atomic E-state index is 11.5. The molecule has 2 amide bonds. The lowest BCUT2D eigenvalue weighted by molar-refractivity contribution is -0.126. The summed E-state index contributed by atoms with van der Waals surface area (Å²) in [6.45, 7) is 1.42. The first-order valence-electron chi connectivity index (χ1n) is 5.03. The first kappa shape index (κ1) is 9.45. The average Bonchev–Trinajstić information content (AvgIpc) is 2.99. The van der Waals surface area contributed by atoms with Gasteiger partial charge in [-0.2, -0.15) is 0 Å². The van der Waals surface area contributed by atoms with Crippen LogP contribution in [0.4, 0.5) is 0 Å². The Balaban J connectivity index is 1.70. The van der Waals surface area contributed by atoms with E-state index in [9.17, 15) is 9.59 Å². The minimum absolute atomic E-state index is 0.00287. The second kappa shape index (κ2) is 3.96. The van der Waals surface area contributed by atoms with E-state index in [4.69, 9.17) is 0 Å². The fourth-order valence-corrected chi connectivity index (χ4v) is 1.44. The van der Waals surface area contributed by atoms with Crippen LogP contribution in [0.1, 0.15) is 12.8 Å². The van der Waals surface area contributed by atoms with E-state index in [2.05, 4.69) is 16.0 Å². The number of carbonyl (C=O) groups excluding carboxylic acids is 2. The van der Waals surface area contributed by atoms with Crippen molar-refractivity contribution in [2.45, 2.75) is 18.9 Å². The third-order valence-corrected chi connectivity index (χ3v) is 2.59. The average molecular weight is 197 g/mol. The molecule has 1 atom stereocenters. The Morgan fingerprint density at radius 3 is 2.86 bits per heavy atom. The molecule has 1 heterocycles. The summed E-state index contributed by atoms with van der Waals surface area (Å²) in [4.78, 5) is 22.3. The number of piperazine rings is 1. The number of hydrogen-bond donors (Lipinski definition) is 3. The van der Waals surface area contributed by atoms with E-state index in [1.54, 1.807) is 0 Å². The molecule has 0 aromatic heterocycles. The highest BCUT2D eigenvalue weighted by Gasteiger charge is 2.26. The Bertz CT molecular complexity index is 240. The molecule has 2 aliphatic rings. The maximum atomic E-state index is 11.5. The van der Waals surface area contributed by atoms with Crippen LogP contribution < -0.4 is 16.0 Å². The molecule has 2 rings (SSSR count). The first-order valence-corrected chi connectivity index (χ1v) is 5.03. The van der Waals surface area contributed by atoms with Gasteiger partial charge in [-0.25, -0.2) is 0 Å². The Labute approximate surface area is 82.6 Å². The number of carbonyl (C=O) groups is 2. The van der Waals surface area contributed by atoms with Crippen LogP contribution in [0.15, 0.2) is 0 Å². The normalized spacial score (nSPS) is 26.9. The van der Waals surface area contributed by atoms with Crippen LogP contribution in [-0.2, 0) is 9.59 Å². The maximum Gasteiger partial charge on any atom is 0.238 e. The van der Waals surface area contributed by atoms with Crippen LogP contribution in [0.3, 0.4) is 0 Å². The van der Waals surface area contributed by atoms with Gasteiger partial charge >= 0.3 is 0 Å². The van der Waals surface area contributed by atoms with Crippen molar-refractivity contribution in [3.63, 3.8) is 0 Å². The summed E-state index contributed by atoms with van der Waals surface area (Å²) in [6.07, 6.45) is 2.46. The summed E-state index contributed by atoms with van der Waals surface area (Å²) in [5.74, 6) is 0.644. The molecule has 2 fully saturated rings. The molecule has 0 radical (unpaired) electrons. The molecular formula is C9H15N3O2. The molecule has 1 aliphatic heterocycles. The van der Waals surface area contributed by atoms with Crippen molar-refractivity contribution in [2.24, 2.45) is 5.92 Å². The summed E-state index contributed by atoms with van der Waals surface area (Å²) in [7, 11) is 0. The Morgan fingerprint density at radius 1 is 1.50 bits per heavy atom. The highest BCUT2D eigenvalue weighted by atomic mass is 16.2. The molecule has 0 spiro atoms. The zero-order valence-corrected chi connectivity index (χ0v) is 8.01. The molecule has 1 aliphatic carbocycles. The van der Waals surface area contributed by atoms with E-state index in [0.29, 0.717) is 12.5 Å². The van der Waals surface area contributed by atoms with E-state index in [0.717, 1.165) is 6.54 Å². The van der Waals surface area contributed by atoms with Gasteiger partial charge in [-0.3, -0.25) is 14.9 Å². The van der Waals surface area contributed by atoms with Crippen molar-refractivity contribution in [1.82, 2.24) is 16.0 Å². The van der Waals surface area contributed by atoms with Gasteiger partial charge in [0.25, 0.3) is 0 Å². The van der Waals surface area contributed by atoms with Crippen molar-refractivity contribution < 1.29 is 9.59 Å². The lowest BCUT2D eigenvalue weighted by Gasteiger charge is -2.23. The van der Waals surface area contributed by atoms with E-state index < -0.39 is 0 Å². The smallest absolute Gasteiger partial charge is 0.238 e. The highest BCUT2D eigenvalue weighted by Crippen LogP contribution is 2.27. The fourth-order valence-electron chi connectivity index (χ4n) is 1.44. The third-order valence-electron chi connectivity index (χ3n) is 2.59. The zero-order chi connectivity index (χ0) is 9.97. The highest BCUT2D eigenvalue weighted by molar-refractivity contribution is 5.86. The van der Waals surface area contributed by atoms with Crippen LogP contribution in [0.25, 0.3) is 0 Å². The van der Waals surface area contributed by atoms with E-state index in [-0.39, 0.29) is 24.4 Å². The largest absolute Gasteiger partial charge is 0.354 e. The van der Waals surface area contributed by atoms with Gasteiger partial charge in [-0.05, 0) is 18.8 Å². The number of rotatable bonds is 3.